The molecular formula is C11H16BrNOS. The number of ether oxygens (including phenoxy) is 1. The van der Waals surface area contributed by atoms with Crippen LogP contribution in [0.5, 0.6) is 0 Å². The summed E-state index contributed by atoms with van der Waals surface area (Å²) in [6, 6.07) is 6.34. The standard InChI is InChI=1S/C11H16BrNOS/c1-8(13)9-3-4-11(10(12)7-9)15-6-5-14-2/h3-4,7-8H,5-6,13H2,1-2H3/t8-/m1/s1. The molecule has 1 rings (SSSR count). The SMILES string of the molecule is COCCSc1ccc([C@@H](C)N)cc1Br. The Balaban J connectivity index is 2.66. The molecule has 0 fully saturated rings. The van der Waals surface area contributed by atoms with Crippen LogP contribution in [0, 0.1) is 0 Å². The molecule has 0 aliphatic carbocycles. The predicted octanol–water partition coefficient (Wildman–Crippen LogP) is 3.21. The molecule has 2 N–H and O–H groups in total. The van der Waals surface area contributed by atoms with Crippen molar-refractivity contribution in [1.29, 1.82) is 0 Å². The van der Waals surface area contributed by atoms with Gasteiger partial charge in [-0.15, -0.1) is 11.8 Å². The maximum atomic E-state index is 5.81. The van der Waals surface area contributed by atoms with Gasteiger partial charge >= 0.3 is 0 Å². The monoisotopic (exact) mass is 289 g/mol. The highest BCUT2D eigenvalue weighted by atomic mass is 79.9. The second-order valence-corrected chi connectivity index (χ2v) is 5.31. The van der Waals surface area contributed by atoms with E-state index in [0.717, 1.165) is 22.4 Å². The Labute approximate surface area is 104 Å². The Morgan fingerprint density at radius 3 is 2.80 bits per heavy atom. The van der Waals surface area contributed by atoms with E-state index in [1.165, 1.54) is 4.90 Å². The lowest BCUT2D eigenvalue weighted by Crippen LogP contribution is -2.04. The molecule has 1 aromatic carbocycles. The summed E-state index contributed by atoms with van der Waals surface area (Å²) in [4.78, 5) is 1.23. The maximum absolute atomic E-state index is 5.81. The van der Waals surface area contributed by atoms with Gasteiger partial charge in [-0.3, -0.25) is 0 Å². The normalized spacial score (nSPS) is 12.8. The molecule has 0 bridgehead atoms. The van der Waals surface area contributed by atoms with E-state index < -0.39 is 0 Å². The third-order valence-corrected chi connectivity index (χ3v) is 3.98. The van der Waals surface area contributed by atoms with Crippen LogP contribution in [-0.4, -0.2) is 19.5 Å². The van der Waals surface area contributed by atoms with Gasteiger partial charge in [0.05, 0.1) is 6.61 Å². The Hall–Kier alpha value is -0.0300. The van der Waals surface area contributed by atoms with Crippen LogP contribution in [0.2, 0.25) is 0 Å². The first-order valence-corrected chi connectivity index (χ1v) is 6.59. The molecule has 0 aliphatic heterocycles. The van der Waals surface area contributed by atoms with Crippen LogP contribution in [0.3, 0.4) is 0 Å². The van der Waals surface area contributed by atoms with Gasteiger partial charge in [0.15, 0.2) is 0 Å². The van der Waals surface area contributed by atoms with Crippen molar-refractivity contribution in [2.24, 2.45) is 5.73 Å². The fourth-order valence-electron chi connectivity index (χ4n) is 1.15. The molecule has 0 saturated heterocycles. The third kappa shape index (κ3) is 4.15. The number of thioether (sulfide) groups is 1. The van der Waals surface area contributed by atoms with E-state index in [-0.39, 0.29) is 6.04 Å². The Bertz CT molecular complexity index is 317. The van der Waals surface area contributed by atoms with Crippen molar-refractivity contribution < 1.29 is 4.74 Å². The average molecular weight is 290 g/mol. The van der Waals surface area contributed by atoms with Gasteiger partial charge in [0.25, 0.3) is 0 Å². The predicted molar refractivity (Wildman–Crippen MR) is 69.3 cm³/mol. The van der Waals surface area contributed by atoms with Crippen LogP contribution in [-0.2, 0) is 4.74 Å². The van der Waals surface area contributed by atoms with Crippen LogP contribution in [0.15, 0.2) is 27.6 Å². The largest absolute Gasteiger partial charge is 0.384 e. The molecule has 0 aromatic heterocycles. The first-order chi connectivity index (χ1) is 7.15. The zero-order chi connectivity index (χ0) is 11.3. The van der Waals surface area contributed by atoms with E-state index >= 15 is 0 Å². The number of rotatable bonds is 5. The van der Waals surface area contributed by atoms with Crippen molar-refractivity contribution in [3.05, 3.63) is 28.2 Å². The number of nitrogens with two attached hydrogens (primary N) is 1. The summed E-state index contributed by atoms with van der Waals surface area (Å²) in [5.41, 5.74) is 6.96. The molecule has 0 radical (unpaired) electrons. The van der Waals surface area contributed by atoms with Gasteiger partial charge in [-0.2, -0.15) is 0 Å². The number of benzene rings is 1. The molecule has 1 aromatic rings. The first-order valence-electron chi connectivity index (χ1n) is 4.82. The average Bonchev–Trinajstić information content (AvgIpc) is 2.20. The van der Waals surface area contributed by atoms with Gasteiger partial charge in [-0.1, -0.05) is 6.07 Å². The lowest BCUT2D eigenvalue weighted by molar-refractivity contribution is 0.218. The summed E-state index contributed by atoms with van der Waals surface area (Å²) >= 11 is 5.33. The second-order valence-electron chi connectivity index (χ2n) is 3.32. The molecular weight excluding hydrogens is 274 g/mol. The maximum Gasteiger partial charge on any atom is 0.0556 e. The van der Waals surface area contributed by atoms with E-state index in [1.54, 1.807) is 18.9 Å². The molecule has 0 aliphatic rings. The summed E-state index contributed by atoms with van der Waals surface area (Å²) in [5, 5.41) is 0. The van der Waals surface area contributed by atoms with Crippen LogP contribution in [0.25, 0.3) is 0 Å². The molecule has 15 heavy (non-hydrogen) atoms. The van der Waals surface area contributed by atoms with Crippen molar-refractivity contribution >= 4 is 27.7 Å². The number of methoxy groups -OCH3 is 1. The summed E-state index contributed by atoms with van der Waals surface area (Å²) in [6.07, 6.45) is 0. The molecule has 0 unspecified atom stereocenters. The molecule has 0 heterocycles. The van der Waals surface area contributed by atoms with Gasteiger partial charge in [-0.25, -0.2) is 0 Å². The van der Waals surface area contributed by atoms with Crippen LogP contribution in [0.4, 0.5) is 0 Å². The Morgan fingerprint density at radius 2 is 2.27 bits per heavy atom. The fraction of sp³-hybridized carbons (Fsp3) is 0.455. The van der Waals surface area contributed by atoms with Gasteiger partial charge in [0.1, 0.15) is 0 Å². The highest BCUT2D eigenvalue weighted by Gasteiger charge is 2.04. The number of halogens is 1. The van der Waals surface area contributed by atoms with Crippen molar-refractivity contribution in [2.75, 3.05) is 19.5 Å². The van der Waals surface area contributed by atoms with Crippen molar-refractivity contribution in [1.82, 2.24) is 0 Å². The lowest BCUT2D eigenvalue weighted by Gasteiger charge is -2.09. The molecule has 4 heteroatoms. The Kier molecular flexibility index (Phi) is 5.68. The molecule has 0 saturated carbocycles. The molecule has 2 nitrogen and oxygen atoms in total. The summed E-state index contributed by atoms with van der Waals surface area (Å²) in [5.74, 6) is 0.965. The minimum absolute atomic E-state index is 0.0827. The van der Waals surface area contributed by atoms with E-state index in [1.807, 2.05) is 6.92 Å². The summed E-state index contributed by atoms with van der Waals surface area (Å²) < 4.78 is 6.12. The smallest absolute Gasteiger partial charge is 0.0556 e. The number of hydrogen-bond donors (Lipinski definition) is 1. The van der Waals surface area contributed by atoms with Gasteiger partial charge in [0, 0.05) is 28.3 Å². The minimum atomic E-state index is 0.0827. The lowest BCUT2D eigenvalue weighted by atomic mass is 10.1. The topological polar surface area (TPSA) is 35.2 Å². The van der Waals surface area contributed by atoms with Crippen molar-refractivity contribution in [2.45, 2.75) is 17.9 Å². The molecule has 0 amide bonds. The van der Waals surface area contributed by atoms with Crippen molar-refractivity contribution in [3.8, 4) is 0 Å². The molecule has 0 spiro atoms. The summed E-state index contributed by atoms with van der Waals surface area (Å²) in [6.45, 7) is 2.76. The highest BCUT2D eigenvalue weighted by molar-refractivity contribution is 9.10. The molecule has 1 atom stereocenters. The van der Waals surface area contributed by atoms with Gasteiger partial charge < -0.3 is 10.5 Å². The fourth-order valence-corrected chi connectivity index (χ4v) is 2.72. The zero-order valence-corrected chi connectivity index (χ0v) is 11.4. The van der Waals surface area contributed by atoms with Gasteiger partial charge in [0.2, 0.25) is 0 Å². The minimum Gasteiger partial charge on any atom is -0.384 e. The van der Waals surface area contributed by atoms with Gasteiger partial charge in [-0.05, 0) is 40.5 Å². The third-order valence-electron chi connectivity index (χ3n) is 2.03. The number of hydrogen-bond acceptors (Lipinski definition) is 3. The van der Waals surface area contributed by atoms with E-state index in [0.29, 0.717) is 0 Å². The second kappa shape index (κ2) is 6.53. The van der Waals surface area contributed by atoms with Crippen molar-refractivity contribution in [3.63, 3.8) is 0 Å². The van der Waals surface area contributed by atoms with E-state index in [9.17, 15) is 0 Å². The van der Waals surface area contributed by atoms with Crippen LogP contribution in [0.1, 0.15) is 18.5 Å². The summed E-state index contributed by atoms with van der Waals surface area (Å²) in [7, 11) is 1.72. The van der Waals surface area contributed by atoms with Crippen LogP contribution >= 0.6 is 27.7 Å². The Morgan fingerprint density at radius 1 is 1.53 bits per heavy atom. The quantitative estimate of drug-likeness (QED) is 0.668. The van der Waals surface area contributed by atoms with E-state index in [2.05, 4.69) is 34.1 Å². The first kappa shape index (κ1) is 13.0. The molecule has 84 valence electrons. The highest BCUT2D eigenvalue weighted by Crippen LogP contribution is 2.29. The zero-order valence-electron chi connectivity index (χ0n) is 9.00. The van der Waals surface area contributed by atoms with Crippen LogP contribution < -0.4 is 5.73 Å². The van der Waals surface area contributed by atoms with E-state index in [4.69, 9.17) is 10.5 Å².